The molecule has 90 valence electrons. The third-order valence-corrected chi connectivity index (χ3v) is 3.16. The predicted molar refractivity (Wildman–Crippen MR) is 61.5 cm³/mol. The van der Waals surface area contributed by atoms with Gasteiger partial charge in [-0.1, -0.05) is 6.92 Å². The molecule has 1 N–H and O–H groups in total. The summed E-state index contributed by atoms with van der Waals surface area (Å²) in [6.45, 7) is 7.04. The number of rotatable bonds is 5. The largest absolute Gasteiger partial charge is 0.475 e. The summed E-state index contributed by atoms with van der Waals surface area (Å²) in [5.74, 6) is -0.345. The molecule has 0 saturated heterocycles. The van der Waals surface area contributed by atoms with Crippen LogP contribution in [-0.2, 0) is 6.54 Å². The molecule has 0 fully saturated rings. The standard InChI is InChI=1S/C12H19NO3/c1-5-12(2,3)13(4)8-9-6-7-10(16-9)11(14)15/h6-7H,5,8H2,1-4H3,(H,14,15). The summed E-state index contributed by atoms with van der Waals surface area (Å²) in [5.41, 5.74) is 0.0795. The second-order valence-corrected chi connectivity index (χ2v) is 4.59. The first-order chi connectivity index (χ1) is 7.36. The molecule has 0 bridgehead atoms. The Morgan fingerprint density at radius 3 is 2.56 bits per heavy atom. The minimum atomic E-state index is -1.02. The molecule has 0 aliphatic heterocycles. The van der Waals surface area contributed by atoms with Crippen LogP contribution in [0.25, 0.3) is 0 Å². The third-order valence-electron chi connectivity index (χ3n) is 3.16. The van der Waals surface area contributed by atoms with E-state index in [1.54, 1.807) is 6.07 Å². The van der Waals surface area contributed by atoms with Gasteiger partial charge in [-0.2, -0.15) is 0 Å². The van der Waals surface area contributed by atoms with E-state index in [0.717, 1.165) is 6.42 Å². The van der Waals surface area contributed by atoms with E-state index >= 15 is 0 Å². The number of carboxylic acids is 1. The van der Waals surface area contributed by atoms with Gasteiger partial charge in [0.2, 0.25) is 5.76 Å². The van der Waals surface area contributed by atoms with Crippen LogP contribution in [0.1, 0.15) is 43.5 Å². The zero-order valence-electron chi connectivity index (χ0n) is 10.3. The average Bonchev–Trinajstić information content (AvgIpc) is 2.66. The molecule has 16 heavy (non-hydrogen) atoms. The molecule has 1 rings (SSSR count). The summed E-state index contributed by atoms with van der Waals surface area (Å²) in [6.07, 6.45) is 1.02. The smallest absolute Gasteiger partial charge is 0.371 e. The molecule has 0 amide bonds. The first kappa shape index (κ1) is 12.8. The number of carboxylic acid groups (broad SMARTS) is 1. The number of furan rings is 1. The molecule has 0 atom stereocenters. The van der Waals surface area contributed by atoms with Gasteiger partial charge < -0.3 is 9.52 Å². The normalized spacial score (nSPS) is 12.1. The minimum Gasteiger partial charge on any atom is -0.475 e. The van der Waals surface area contributed by atoms with Crippen LogP contribution in [0, 0.1) is 0 Å². The van der Waals surface area contributed by atoms with Gasteiger partial charge in [0.1, 0.15) is 5.76 Å². The maximum absolute atomic E-state index is 10.6. The van der Waals surface area contributed by atoms with Crippen LogP contribution in [0.4, 0.5) is 0 Å². The zero-order valence-corrected chi connectivity index (χ0v) is 10.3. The average molecular weight is 225 g/mol. The lowest BCUT2D eigenvalue weighted by Crippen LogP contribution is -2.39. The second-order valence-electron chi connectivity index (χ2n) is 4.59. The van der Waals surface area contributed by atoms with E-state index < -0.39 is 5.97 Å². The Balaban J connectivity index is 2.70. The van der Waals surface area contributed by atoms with Crippen molar-refractivity contribution in [1.82, 2.24) is 4.90 Å². The fourth-order valence-electron chi connectivity index (χ4n) is 1.30. The van der Waals surface area contributed by atoms with Gasteiger partial charge in [-0.15, -0.1) is 0 Å². The van der Waals surface area contributed by atoms with E-state index in [4.69, 9.17) is 9.52 Å². The summed E-state index contributed by atoms with van der Waals surface area (Å²) in [7, 11) is 2.01. The molecule has 0 aliphatic carbocycles. The Kier molecular flexibility index (Phi) is 3.75. The van der Waals surface area contributed by atoms with Crippen molar-refractivity contribution in [1.29, 1.82) is 0 Å². The van der Waals surface area contributed by atoms with Crippen LogP contribution in [0.3, 0.4) is 0 Å². The van der Waals surface area contributed by atoms with Crippen LogP contribution >= 0.6 is 0 Å². The van der Waals surface area contributed by atoms with E-state index in [1.807, 2.05) is 7.05 Å². The Hall–Kier alpha value is -1.29. The van der Waals surface area contributed by atoms with E-state index in [1.165, 1.54) is 6.07 Å². The summed E-state index contributed by atoms with van der Waals surface area (Å²) < 4.78 is 5.21. The maximum Gasteiger partial charge on any atom is 0.371 e. The van der Waals surface area contributed by atoms with E-state index in [2.05, 4.69) is 25.7 Å². The van der Waals surface area contributed by atoms with Gasteiger partial charge in [0.05, 0.1) is 6.54 Å². The fourth-order valence-corrected chi connectivity index (χ4v) is 1.30. The number of nitrogens with zero attached hydrogens (tertiary/aromatic N) is 1. The molecule has 0 aliphatic rings. The molecule has 0 unspecified atom stereocenters. The molecule has 0 saturated carbocycles. The van der Waals surface area contributed by atoms with Crippen molar-refractivity contribution in [2.45, 2.75) is 39.3 Å². The Bertz CT molecular complexity index is 368. The zero-order chi connectivity index (χ0) is 12.3. The highest BCUT2D eigenvalue weighted by atomic mass is 16.4. The maximum atomic E-state index is 10.6. The lowest BCUT2D eigenvalue weighted by molar-refractivity contribution is 0.0655. The lowest BCUT2D eigenvalue weighted by Gasteiger charge is -2.34. The highest BCUT2D eigenvalue weighted by Crippen LogP contribution is 2.20. The summed E-state index contributed by atoms with van der Waals surface area (Å²) in [5, 5.41) is 8.73. The van der Waals surface area contributed by atoms with Gasteiger partial charge >= 0.3 is 5.97 Å². The Morgan fingerprint density at radius 1 is 1.50 bits per heavy atom. The monoisotopic (exact) mass is 225 g/mol. The summed E-state index contributed by atoms with van der Waals surface area (Å²) >= 11 is 0. The lowest BCUT2D eigenvalue weighted by atomic mass is 10.00. The number of hydrogen-bond acceptors (Lipinski definition) is 3. The molecule has 0 aromatic carbocycles. The van der Waals surface area contributed by atoms with Crippen molar-refractivity contribution in [3.8, 4) is 0 Å². The van der Waals surface area contributed by atoms with E-state index in [9.17, 15) is 4.79 Å². The number of carbonyl (C=O) groups is 1. The van der Waals surface area contributed by atoms with Gasteiger partial charge in [-0.3, -0.25) is 4.90 Å². The Labute approximate surface area is 95.9 Å². The molecule has 0 spiro atoms. The van der Waals surface area contributed by atoms with Crippen molar-refractivity contribution < 1.29 is 14.3 Å². The molecule has 1 heterocycles. The van der Waals surface area contributed by atoms with Crippen LogP contribution in [-0.4, -0.2) is 28.6 Å². The van der Waals surface area contributed by atoms with Crippen molar-refractivity contribution in [3.05, 3.63) is 23.7 Å². The molecular weight excluding hydrogens is 206 g/mol. The molecule has 4 nitrogen and oxygen atoms in total. The molecular formula is C12H19NO3. The topological polar surface area (TPSA) is 53.7 Å². The molecule has 4 heteroatoms. The highest BCUT2D eigenvalue weighted by molar-refractivity contribution is 5.84. The Morgan fingerprint density at radius 2 is 2.12 bits per heavy atom. The van der Waals surface area contributed by atoms with Gasteiger partial charge in [-0.25, -0.2) is 4.79 Å². The van der Waals surface area contributed by atoms with Crippen LogP contribution in [0.5, 0.6) is 0 Å². The van der Waals surface area contributed by atoms with Crippen LogP contribution < -0.4 is 0 Å². The number of aromatic carboxylic acids is 1. The van der Waals surface area contributed by atoms with Gasteiger partial charge in [0.15, 0.2) is 0 Å². The third kappa shape index (κ3) is 2.85. The molecule has 0 radical (unpaired) electrons. The first-order valence-electron chi connectivity index (χ1n) is 5.40. The van der Waals surface area contributed by atoms with Crippen LogP contribution in [0.2, 0.25) is 0 Å². The number of hydrogen-bond donors (Lipinski definition) is 1. The van der Waals surface area contributed by atoms with Crippen molar-refractivity contribution >= 4 is 5.97 Å². The van der Waals surface area contributed by atoms with Gasteiger partial charge in [0, 0.05) is 5.54 Å². The van der Waals surface area contributed by atoms with Crippen molar-refractivity contribution in [2.75, 3.05) is 7.05 Å². The predicted octanol–water partition coefficient (Wildman–Crippen LogP) is 2.60. The van der Waals surface area contributed by atoms with Gasteiger partial charge in [-0.05, 0) is 39.4 Å². The van der Waals surface area contributed by atoms with Gasteiger partial charge in [0.25, 0.3) is 0 Å². The SMILES string of the molecule is CCC(C)(C)N(C)Cc1ccc(C(=O)O)o1. The minimum absolute atomic E-state index is 0.00213. The van der Waals surface area contributed by atoms with Crippen molar-refractivity contribution in [3.63, 3.8) is 0 Å². The highest BCUT2D eigenvalue weighted by Gasteiger charge is 2.22. The van der Waals surface area contributed by atoms with E-state index in [0.29, 0.717) is 12.3 Å². The molecule has 1 aromatic heterocycles. The van der Waals surface area contributed by atoms with Crippen molar-refractivity contribution in [2.24, 2.45) is 0 Å². The quantitative estimate of drug-likeness (QED) is 0.836. The second kappa shape index (κ2) is 4.70. The van der Waals surface area contributed by atoms with Crippen LogP contribution in [0.15, 0.2) is 16.5 Å². The van der Waals surface area contributed by atoms with E-state index in [-0.39, 0.29) is 11.3 Å². The summed E-state index contributed by atoms with van der Waals surface area (Å²) in [6, 6.07) is 3.20. The molecule has 1 aromatic rings. The fraction of sp³-hybridized carbons (Fsp3) is 0.583. The summed E-state index contributed by atoms with van der Waals surface area (Å²) in [4.78, 5) is 12.8. The first-order valence-corrected chi connectivity index (χ1v) is 5.40.